The number of hydrogen-bond acceptors (Lipinski definition) is 2. The van der Waals surface area contributed by atoms with Crippen molar-refractivity contribution in [3.05, 3.63) is 68.6 Å². The lowest BCUT2D eigenvalue weighted by atomic mass is 10.0. The number of hydrogen-bond donors (Lipinski definition) is 1. The number of nitrogens with zero attached hydrogens (tertiary/aromatic N) is 1. The van der Waals surface area contributed by atoms with E-state index in [1.807, 2.05) is 45.0 Å². The Morgan fingerprint density at radius 2 is 1.64 bits per heavy atom. The highest BCUT2D eigenvalue weighted by Crippen LogP contribution is 2.29. The van der Waals surface area contributed by atoms with Crippen LogP contribution in [0.5, 0.6) is 0 Å². The van der Waals surface area contributed by atoms with E-state index < -0.39 is 5.66 Å². The van der Waals surface area contributed by atoms with Crippen LogP contribution in [0.2, 0.25) is 5.02 Å². The molecular formula is C17H19ClN2O2. The molecule has 1 aliphatic heterocycles. The van der Waals surface area contributed by atoms with Crippen molar-refractivity contribution in [3.63, 3.8) is 0 Å². The average molecular weight is 319 g/mol. The van der Waals surface area contributed by atoms with Gasteiger partial charge in [-0.2, -0.15) is 0 Å². The monoisotopic (exact) mass is 318 g/mol. The molecule has 0 spiro atoms. The van der Waals surface area contributed by atoms with Gasteiger partial charge in [0.05, 0.1) is 0 Å². The lowest BCUT2D eigenvalue weighted by Gasteiger charge is -2.27. The predicted octanol–water partition coefficient (Wildman–Crippen LogP) is 3.30. The smallest absolute Gasteiger partial charge is 0.272 e. The quantitative estimate of drug-likeness (QED) is 0.877. The van der Waals surface area contributed by atoms with Crippen LogP contribution in [0.25, 0.3) is 0 Å². The first-order valence-electron chi connectivity index (χ1n) is 7.25. The van der Waals surface area contributed by atoms with E-state index in [1.54, 1.807) is 13.0 Å². The average Bonchev–Trinajstić information content (AvgIpc) is 2.78. The maximum atomic E-state index is 12.3. The number of aryl methyl sites for hydroxylation is 1. The highest BCUT2D eigenvalue weighted by atomic mass is 35.5. The van der Waals surface area contributed by atoms with E-state index in [2.05, 4.69) is 5.32 Å². The molecule has 1 amide bonds. The first-order chi connectivity index (χ1) is 10.4. The summed E-state index contributed by atoms with van der Waals surface area (Å²) in [7, 11) is 0. The van der Waals surface area contributed by atoms with Gasteiger partial charge in [0.1, 0.15) is 16.4 Å². The van der Waals surface area contributed by atoms with Crippen molar-refractivity contribution >= 4 is 17.5 Å². The molecule has 0 radical (unpaired) electrons. The van der Waals surface area contributed by atoms with Gasteiger partial charge in [-0.3, -0.25) is 14.2 Å². The van der Waals surface area contributed by atoms with Crippen molar-refractivity contribution in [2.45, 2.75) is 33.4 Å². The summed E-state index contributed by atoms with van der Waals surface area (Å²) < 4.78 is 1.42. The SMILES string of the molecule is CC.Cc1ccc(C2(C)NC(=O)c3ccc(Cl)c(=O)n32)cc1. The molecule has 1 N–H and O–H groups in total. The molecule has 116 valence electrons. The van der Waals surface area contributed by atoms with E-state index in [-0.39, 0.29) is 16.5 Å². The molecule has 22 heavy (non-hydrogen) atoms. The first kappa shape index (κ1) is 16.3. The van der Waals surface area contributed by atoms with Crippen molar-refractivity contribution in [2.75, 3.05) is 0 Å². The molecule has 3 rings (SSSR count). The molecule has 1 aliphatic rings. The van der Waals surface area contributed by atoms with E-state index in [1.165, 1.54) is 10.6 Å². The number of rotatable bonds is 1. The second-order valence-corrected chi connectivity index (χ2v) is 5.51. The van der Waals surface area contributed by atoms with Crippen LogP contribution in [-0.4, -0.2) is 10.5 Å². The molecule has 1 aromatic heterocycles. The van der Waals surface area contributed by atoms with Gasteiger partial charge in [-0.25, -0.2) is 0 Å². The van der Waals surface area contributed by atoms with Gasteiger partial charge in [0, 0.05) is 0 Å². The van der Waals surface area contributed by atoms with Crippen LogP contribution in [0.3, 0.4) is 0 Å². The summed E-state index contributed by atoms with van der Waals surface area (Å²) in [5, 5.41) is 2.97. The summed E-state index contributed by atoms with van der Waals surface area (Å²) in [5.41, 5.74) is 0.982. The van der Waals surface area contributed by atoms with Crippen LogP contribution in [0.1, 0.15) is 42.4 Å². The van der Waals surface area contributed by atoms with Gasteiger partial charge in [-0.1, -0.05) is 55.3 Å². The van der Waals surface area contributed by atoms with Crippen LogP contribution in [0.4, 0.5) is 0 Å². The zero-order valence-electron chi connectivity index (χ0n) is 13.1. The minimum Gasteiger partial charge on any atom is -0.324 e. The fourth-order valence-corrected chi connectivity index (χ4v) is 2.70. The van der Waals surface area contributed by atoms with Crippen molar-refractivity contribution in [1.82, 2.24) is 9.88 Å². The first-order valence-corrected chi connectivity index (χ1v) is 7.63. The number of nitrogens with one attached hydrogen (secondary N) is 1. The van der Waals surface area contributed by atoms with Gasteiger partial charge in [-0.05, 0) is 31.5 Å². The maximum Gasteiger partial charge on any atom is 0.272 e. The molecule has 0 aliphatic carbocycles. The van der Waals surface area contributed by atoms with Crippen LogP contribution >= 0.6 is 11.6 Å². The van der Waals surface area contributed by atoms with Gasteiger partial charge in [-0.15, -0.1) is 0 Å². The van der Waals surface area contributed by atoms with Gasteiger partial charge in [0.25, 0.3) is 11.5 Å². The molecular weight excluding hydrogens is 300 g/mol. The number of aromatic nitrogens is 1. The second-order valence-electron chi connectivity index (χ2n) is 5.10. The molecule has 1 atom stereocenters. The lowest BCUT2D eigenvalue weighted by molar-refractivity contribution is 0.0941. The number of fused-ring (bicyclic) bond motifs is 1. The molecule has 1 aromatic carbocycles. The van der Waals surface area contributed by atoms with Crippen molar-refractivity contribution in [2.24, 2.45) is 0 Å². The summed E-state index contributed by atoms with van der Waals surface area (Å²) >= 11 is 5.91. The van der Waals surface area contributed by atoms with Gasteiger partial charge >= 0.3 is 0 Å². The highest BCUT2D eigenvalue weighted by Gasteiger charge is 2.41. The summed E-state index contributed by atoms with van der Waals surface area (Å²) in [6.45, 7) is 7.78. The Hall–Kier alpha value is -2.07. The third-order valence-electron chi connectivity index (χ3n) is 3.69. The second kappa shape index (κ2) is 5.97. The third kappa shape index (κ3) is 2.44. The van der Waals surface area contributed by atoms with Crippen molar-refractivity contribution in [3.8, 4) is 0 Å². The predicted molar refractivity (Wildman–Crippen MR) is 88.5 cm³/mol. The molecule has 1 unspecified atom stereocenters. The van der Waals surface area contributed by atoms with E-state index >= 15 is 0 Å². The number of amides is 1. The summed E-state index contributed by atoms with van der Waals surface area (Å²) in [6, 6.07) is 10.7. The van der Waals surface area contributed by atoms with Crippen LogP contribution in [0.15, 0.2) is 41.2 Å². The molecule has 0 fully saturated rings. The Morgan fingerprint density at radius 1 is 1.05 bits per heavy atom. The van der Waals surface area contributed by atoms with Crippen molar-refractivity contribution in [1.29, 1.82) is 0 Å². The van der Waals surface area contributed by atoms with Crippen LogP contribution < -0.4 is 10.9 Å². The molecule has 2 aromatic rings. The fraction of sp³-hybridized carbons (Fsp3) is 0.294. The number of halogens is 1. The Balaban J connectivity index is 0.000000847. The molecule has 5 heteroatoms. The maximum absolute atomic E-state index is 12.3. The van der Waals surface area contributed by atoms with Crippen LogP contribution in [0, 0.1) is 6.92 Å². The summed E-state index contributed by atoms with van der Waals surface area (Å²) in [6.07, 6.45) is 0. The Kier molecular flexibility index (Phi) is 4.42. The Bertz CT molecular complexity index is 765. The molecule has 0 saturated heterocycles. The number of pyridine rings is 1. The standard InChI is InChI=1S/C15H13ClN2O2.C2H6/c1-9-3-5-10(6-4-9)15(2)17-13(19)12-8-7-11(16)14(20)18(12)15;1-2/h3-8H,1-2H3,(H,17,19);1-2H3. The zero-order chi connectivity index (χ0) is 16.5. The fourth-order valence-electron chi connectivity index (χ4n) is 2.56. The van der Waals surface area contributed by atoms with Gasteiger partial charge in [0.2, 0.25) is 0 Å². The highest BCUT2D eigenvalue weighted by molar-refractivity contribution is 6.30. The van der Waals surface area contributed by atoms with E-state index in [9.17, 15) is 9.59 Å². The van der Waals surface area contributed by atoms with Crippen LogP contribution in [-0.2, 0) is 5.66 Å². The Labute approximate surface area is 134 Å². The minimum absolute atomic E-state index is 0.101. The van der Waals surface area contributed by atoms with Gasteiger partial charge < -0.3 is 5.32 Å². The van der Waals surface area contributed by atoms with Gasteiger partial charge in [0.15, 0.2) is 0 Å². The largest absolute Gasteiger partial charge is 0.324 e. The molecule has 2 heterocycles. The lowest BCUT2D eigenvalue weighted by Crippen LogP contribution is -2.45. The topological polar surface area (TPSA) is 51.1 Å². The van der Waals surface area contributed by atoms with Crippen molar-refractivity contribution < 1.29 is 4.79 Å². The summed E-state index contributed by atoms with van der Waals surface area (Å²) in [5.74, 6) is -0.276. The minimum atomic E-state index is -0.915. The van der Waals surface area contributed by atoms with E-state index in [0.29, 0.717) is 5.69 Å². The van der Waals surface area contributed by atoms with E-state index in [0.717, 1.165) is 11.1 Å². The molecule has 4 nitrogen and oxygen atoms in total. The third-order valence-corrected chi connectivity index (χ3v) is 3.97. The molecule has 0 saturated carbocycles. The number of carbonyl (C=O) groups is 1. The number of carbonyl (C=O) groups excluding carboxylic acids is 1. The summed E-state index contributed by atoms with van der Waals surface area (Å²) in [4.78, 5) is 24.4. The van der Waals surface area contributed by atoms with E-state index in [4.69, 9.17) is 11.6 Å². The Morgan fingerprint density at radius 3 is 2.23 bits per heavy atom. The normalized spacial score (nSPS) is 19.0. The molecule has 0 bridgehead atoms. The zero-order valence-corrected chi connectivity index (χ0v) is 13.9. The number of benzene rings is 1.